The van der Waals surface area contributed by atoms with Crippen LogP contribution in [0.3, 0.4) is 0 Å². The molecular weight excluding hydrogens is 577 g/mol. The molecule has 0 bridgehead atoms. The van der Waals surface area contributed by atoms with Gasteiger partial charge in [-0.15, -0.1) is 0 Å². The highest BCUT2D eigenvalue weighted by Crippen LogP contribution is 2.30. The van der Waals surface area contributed by atoms with Gasteiger partial charge >= 0.3 is 0 Å². The smallest absolute Gasteiger partial charge is 0.268 e. The second-order valence-corrected chi connectivity index (χ2v) is 12.4. The SMILES string of the molecule is CC(C)(F)[C@@H](NC(=O)c1cc2ccccc2[nH]1)C(=C=O)N[C@@H](CC1CCCCC1)C(=C=O)N[C@H](C=C=O)C[C@@H]1CCNC1=C=O. The van der Waals surface area contributed by atoms with Gasteiger partial charge in [-0.3, -0.25) is 4.79 Å². The summed E-state index contributed by atoms with van der Waals surface area (Å²) in [6.45, 7) is 3.07. The molecule has 2 heterocycles. The normalized spacial score (nSPS) is 18.6. The van der Waals surface area contributed by atoms with Crippen molar-refractivity contribution in [2.75, 3.05) is 6.54 Å². The van der Waals surface area contributed by atoms with Gasteiger partial charge in [-0.25, -0.2) is 23.6 Å². The van der Waals surface area contributed by atoms with E-state index in [0.29, 0.717) is 31.5 Å². The van der Waals surface area contributed by atoms with Crippen LogP contribution in [0, 0.1) is 11.8 Å². The summed E-state index contributed by atoms with van der Waals surface area (Å²) in [5.74, 6) is 6.76. The van der Waals surface area contributed by atoms with Crippen LogP contribution in [0.15, 0.2) is 53.5 Å². The first kappa shape index (κ1) is 33.3. The molecule has 45 heavy (non-hydrogen) atoms. The van der Waals surface area contributed by atoms with Crippen LogP contribution in [0.2, 0.25) is 0 Å². The Morgan fingerprint density at radius 1 is 1.00 bits per heavy atom. The number of carbonyl (C=O) groups excluding carboxylic acids is 5. The monoisotopic (exact) mass is 617 g/mol. The van der Waals surface area contributed by atoms with Crippen molar-refractivity contribution < 1.29 is 28.4 Å². The van der Waals surface area contributed by atoms with Gasteiger partial charge in [0.1, 0.15) is 52.6 Å². The Hall–Kier alpha value is -4.64. The van der Waals surface area contributed by atoms with Crippen LogP contribution >= 0.6 is 0 Å². The zero-order valence-electron chi connectivity index (χ0n) is 25.6. The highest BCUT2D eigenvalue weighted by atomic mass is 19.1. The van der Waals surface area contributed by atoms with Gasteiger partial charge in [-0.05, 0) is 51.2 Å². The Morgan fingerprint density at radius 3 is 2.38 bits per heavy atom. The maximum atomic E-state index is 15.7. The first-order valence-corrected chi connectivity index (χ1v) is 15.5. The molecule has 10 nitrogen and oxygen atoms in total. The summed E-state index contributed by atoms with van der Waals surface area (Å²) < 4.78 is 15.7. The zero-order valence-corrected chi connectivity index (χ0v) is 25.6. The number of halogens is 1. The fourth-order valence-corrected chi connectivity index (χ4v) is 6.34. The third kappa shape index (κ3) is 8.72. The van der Waals surface area contributed by atoms with Crippen LogP contribution in [-0.4, -0.2) is 65.0 Å². The molecule has 1 aliphatic heterocycles. The molecule has 0 unspecified atom stereocenters. The van der Waals surface area contributed by atoms with Crippen LogP contribution < -0.4 is 21.3 Å². The molecule has 11 heteroatoms. The molecule has 1 aromatic carbocycles. The van der Waals surface area contributed by atoms with Gasteiger partial charge in [0.25, 0.3) is 5.91 Å². The first-order valence-electron chi connectivity index (χ1n) is 15.5. The third-order valence-corrected chi connectivity index (χ3v) is 8.69. The third-order valence-electron chi connectivity index (χ3n) is 8.69. The molecule has 2 aromatic rings. The number of fused-ring (bicyclic) bond motifs is 1. The lowest BCUT2D eigenvalue weighted by atomic mass is 9.83. The molecule has 1 aromatic heterocycles. The van der Waals surface area contributed by atoms with E-state index >= 15 is 4.39 Å². The number of H-pyrrole nitrogens is 1. The quantitative estimate of drug-likeness (QED) is 0.203. The molecule has 1 aliphatic carbocycles. The summed E-state index contributed by atoms with van der Waals surface area (Å²) in [5, 5.41) is 12.5. The maximum Gasteiger partial charge on any atom is 0.268 e. The van der Waals surface area contributed by atoms with Crippen LogP contribution in [0.5, 0.6) is 0 Å². The number of amides is 1. The number of aromatic nitrogens is 1. The largest absolute Gasteiger partial charge is 0.379 e. The van der Waals surface area contributed by atoms with Crippen LogP contribution in [0.25, 0.3) is 10.9 Å². The molecule has 0 spiro atoms. The molecular formula is C34H40FN5O5. The van der Waals surface area contributed by atoms with E-state index in [0.717, 1.165) is 43.0 Å². The van der Waals surface area contributed by atoms with E-state index in [1.807, 2.05) is 36.1 Å². The van der Waals surface area contributed by atoms with Crippen LogP contribution in [0.1, 0.15) is 75.7 Å². The number of nitrogens with one attached hydrogen (secondary N) is 5. The highest BCUT2D eigenvalue weighted by Gasteiger charge is 2.37. The molecule has 1 saturated carbocycles. The summed E-state index contributed by atoms with van der Waals surface area (Å²) in [5.41, 5.74) is -1.02. The van der Waals surface area contributed by atoms with Crippen molar-refractivity contribution in [3.8, 4) is 0 Å². The van der Waals surface area contributed by atoms with Gasteiger partial charge in [0, 0.05) is 29.4 Å². The number of aromatic amines is 1. The number of rotatable bonds is 14. The van der Waals surface area contributed by atoms with E-state index in [-0.39, 0.29) is 28.9 Å². The summed E-state index contributed by atoms with van der Waals surface area (Å²) in [7, 11) is 0. The van der Waals surface area contributed by atoms with E-state index in [1.165, 1.54) is 19.9 Å². The summed E-state index contributed by atoms with van der Waals surface area (Å²) >= 11 is 0. The standard InChI is InChI=1S/C34H40FN5O5/c1-34(2,35)32(40-33(45)28-18-23-10-6-7-11-26(23)38-28)31(21-44)39-27(16-22-8-4-3-5-9-22)30(20-43)37-25(13-15-41)17-24-12-14-36-29(24)19-42/h6-7,10-11,13,18,22,24-25,27,32,36-39H,3-5,8-9,12,14,16-17H2,1-2H3,(H,40,45)/t24-,25+,27-,32-/m0/s1. The van der Waals surface area contributed by atoms with E-state index < -0.39 is 29.7 Å². The Bertz CT molecular complexity index is 1530. The van der Waals surface area contributed by atoms with Crippen molar-refractivity contribution in [1.29, 1.82) is 0 Å². The number of para-hydroxylation sites is 1. The molecule has 5 N–H and O–H groups in total. The van der Waals surface area contributed by atoms with Crippen molar-refractivity contribution in [3.63, 3.8) is 0 Å². The van der Waals surface area contributed by atoms with E-state index in [1.54, 1.807) is 17.9 Å². The summed E-state index contributed by atoms with van der Waals surface area (Å²) in [4.78, 5) is 64.0. The molecule has 2 aliphatic rings. The second kappa shape index (κ2) is 15.4. The number of carbonyl (C=O) groups is 1. The fraction of sp³-hybridized carbons (Fsp3) is 0.500. The molecule has 0 radical (unpaired) electrons. The molecule has 4 atom stereocenters. The molecule has 2 fully saturated rings. The van der Waals surface area contributed by atoms with Crippen molar-refractivity contribution in [1.82, 2.24) is 26.3 Å². The van der Waals surface area contributed by atoms with Gasteiger partial charge < -0.3 is 26.3 Å². The predicted octanol–water partition coefficient (Wildman–Crippen LogP) is 3.44. The summed E-state index contributed by atoms with van der Waals surface area (Å²) in [6.07, 6.45) is 7.60. The number of hydrogen-bond acceptors (Lipinski definition) is 8. The Labute approximate surface area is 261 Å². The highest BCUT2D eigenvalue weighted by molar-refractivity contribution is 5.98. The number of alkyl halides is 1. The number of allylic oxidation sites excluding steroid dienone is 1. The second-order valence-electron chi connectivity index (χ2n) is 12.4. The molecule has 4 rings (SSSR count). The van der Waals surface area contributed by atoms with Crippen molar-refractivity contribution in [2.45, 2.75) is 89.0 Å². The van der Waals surface area contributed by atoms with E-state index in [9.17, 15) is 24.0 Å². The minimum atomic E-state index is -2.11. The van der Waals surface area contributed by atoms with Gasteiger partial charge in [0.2, 0.25) is 0 Å². The lowest BCUT2D eigenvalue weighted by molar-refractivity contribution is 0.0866. The Kier molecular flexibility index (Phi) is 11.4. The Morgan fingerprint density at radius 2 is 1.73 bits per heavy atom. The van der Waals surface area contributed by atoms with Crippen molar-refractivity contribution in [2.24, 2.45) is 11.8 Å². The zero-order chi connectivity index (χ0) is 32.4. The molecule has 1 amide bonds. The van der Waals surface area contributed by atoms with E-state index in [2.05, 4.69) is 26.3 Å². The van der Waals surface area contributed by atoms with Gasteiger partial charge in [-0.1, -0.05) is 50.3 Å². The average Bonchev–Trinajstić information content (AvgIpc) is 3.67. The Balaban J connectivity index is 1.60. The lowest BCUT2D eigenvalue weighted by Crippen LogP contribution is -2.53. The minimum absolute atomic E-state index is 0.0322. The van der Waals surface area contributed by atoms with E-state index in [4.69, 9.17) is 0 Å². The predicted molar refractivity (Wildman–Crippen MR) is 168 cm³/mol. The van der Waals surface area contributed by atoms with Gasteiger partial charge in [0.05, 0.1) is 17.8 Å². The first-order chi connectivity index (χ1) is 21.7. The van der Waals surface area contributed by atoms with Crippen LogP contribution in [0.4, 0.5) is 4.39 Å². The number of hydrogen-bond donors (Lipinski definition) is 5. The minimum Gasteiger partial charge on any atom is -0.379 e. The fourth-order valence-electron chi connectivity index (χ4n) is 6.34. The average molecular weight is 618 g/mol. The van der Waals surface area contributed by atoms with Crippen LogP contribution in [-0.2, 0) is 19.2 Å². The van der Waals surface area contributed by atoms with Gasteiger partial charge in [-0.2, -0.15) is 0 Å². The topological polar surface area (TPSA) is 149 Å². The number of benzene rings is 1. The molecule has 238 valence electrons. The van der Waals surface area contributed by atoms with Crippen molar-refractivity contribution >= 4 is 40.6 Å². The van der Waals surface area contributed by atoms with Crippen molar-refractivity contribution in [3.05, 3.63) is 59.2 Å². The molecule has 1 saturated heterocycles. The van der Waals surface area contributed by atoms with Gasteiger partial charge in [0.15, 0.2) is 0 Å². The lowest BCUT2D eigenvalue weighted by Gasteiger charge is -2.34. The summed E-state index contributed by atoms with van der Waals surface area (Å²) in [6, 6.07) is 5.99. The maximum absolute atomic E-state index is 15.7.